The standard InChI is InChI=1S/C15H21N3O4/c1-21-9-5-8-16-14(19)10-15(20)18-17-11-12-6-3-4-7-13(12)22-2/h3-4,6-7,11H,5,8-10H2,1-2H3,(H,16,19)(H,18,20)/b17-11-. The van der Waals surface area contributed by atoms with Gasteiger partial charge in [-0.1, -0.05) is 12.1 Å². The average molecular weight is 307 g/mol. The van der Waals surface area contributed by atoms with Crippen molar-refractivity contribution >= 4 is 18.0 Å². The molecule has 0 radical (unpaired) electrons. The molecule has 120 valence electrons. The number of hydrogen-bond acceptors (Lipinski definition) is 5. The Morgan fingerprint density at radius 2 is 2.00 bits per heavy atom. The molecule has 0 aliphatic rings. The van der Waals surface area contributed by atoms with Crippen molar-refractivity contribution in [1.82, 2.24) is 10.7 Å². The third kappa shape index (κ3) is 6.85. The molecular formula is C15H21N3O4. The average Bonchev–Trinajstić information content (AvgIpc) is 2.52. The molecule has 2 N–H and O–H groups in total. The SMILES string of the molecule is COCCCNC(=O)CC(=O)N/N=C\c1ccccc1OC. The van der Waals surface area contributed by atoms with Crippen LogP contribution in [0.4, 0.5) is 0 Å². The molecule has 0 spiro atoms. The van der Waals surface area contributed by atoms with Crippen LogP contribution >= 0.6 is 0 Å². The van der Waals surface area contributed by atoms with E-state index in [2.05, 4.69) is 15.8 Å². The van der Waals surface area contributed by atoms with Gasteiger partial charge in [0.2, 0.25) is 11.8 Å². The van der Waals surface area contributed by atoms with Crippen LogP contribution in [0.15, 0.2) is 29.4 Å². The molecule has 0 fully saturated rings. The van der Waals surface area contributed by atoms with E-state index in [1.54, 1.807) is 26.4 Å². The monoisotopic (exact) mass is 307 g/mol. The van der Waals surface area contributed by atoms with Crippen LogP contribution in [-0.4, -0.2) is 45.4 Å². The number of nitrogens with one attached hydrogen (secondary N) is 2. The minimum Gasteiger partial charge on any atom is -0.496 e. The molecule has 0 saturated heterocycles. The second-order valence-electron chi connectivity index (χ2n) is 4.41. The van der Waals surface area contributed by atoms with Crippen molar-refractivity contribution in [2.24, 2.45) is 5.10 Å². The van der Waals surface area contributed by atoms with Crippen LogP contribution in [0, 0.1) is 0 Å². The summed E-state index contributed by atoms with van der Waals surface area (Å²) in [4.78, 5) is 23.0. The van der Waals surface area contributed by atoms with Gasteiger partial charge < -0.3 is 14.8 Å². The first-order valence-corrected chi connectivity index (χ1v) is 6.88. The number of rotatable bonds is 9. The number of carbonyl (C=O) groups excluding carboxylic acids is 2. The molecule has 0 saturated carbocycles. The van der Waals surface area contributed by atoms with Gasteiger partial charge in [0.25, 0.3) is 0 Å². The van der Waals surface area contributed by atoms with Crippen LogP contribution in [0.25, 0.3) is 0 Å². The molecule has 0 aliphatic heterocycles. The third-order valence-corrected chi connectivity index (χ3v) is 2.70. The molecule has 22 heavy (non-hydrogen) atoms. The first kappa shape index (κ1) is 17.6. The first-order chi connectivity index (χ1) is 10.7. The molecule has 0 heterocycles. The lowest BCUT2D eigenvalue weighted by Crippen LogP contribution is -2.30. The zero-order valence-corrected chi connectivity index (χ0v) is 12.8. The summed E-state index contributed by atoms with van der Waals surface area (Å²) in [6, 6.07) is 7.26. The zero-order valence-electron chi connectivity index (χ0n) is 12.8. The van der Waals surface area contributed by atoms with Crippen LogP contribution in [-0.2, 0) is 14.3 Å². The molecule has 0 aliphatic carbocycles. The molecule has 7 heteroatoms. The Balaban J connectivity index is 2.33. The number of amides is 2. The third-order valence-electron chi connectivity index (χ3n) is 2.70. The number of carbonyl (C=O) groups is 2. The quantitative estimate of drug-likeness (QED) is 0.304. The zero-order chi connectivity index (χ0) is 16.2. The van der Waals surface area contributed by atoms with Crippen molar-refractivity contribution in [3.05, 3.63) is 29.8 Å². The van der Waals surface area contributed by atoms with E-state index in [-0.39, 0.29) is 12.3 Å². The van der Waals surface area contributed by atoms with E-state index < -0.39 is 5.91 Å². The lowest BCUT2D eigenvalue weighted by atomic mass is 10.2. The van der Waals surface area contributed by atoms with Crippen LogP contribution in [0.3, 0.4) is 0 Å². The fourth-order valence-electron chi connectivity index (χ4n) is 1.64. The predicted molar refractivity (Wildman–Crippen MR) is 82.9 cm³/mol. The number of hydrogen-bond donors (Lipinski definition) is 2. The maximum Gasteiger partial charge on any atom is 0.249 e. The van der Waals surface area contributed by atoms with Crippen molar-refractivity contribution in [2.75, 3.05) is 27.4 Å². The van der Waals surface area contributed by atoms with E-state index in [1.165, 1.54) is 6.21 Å². The van der Waals surface area contributed by atoms with Gasteiger partial charge in [0.05, 0.1) is 13.3 Å². The van der Waals surface area contributed by atoms with E-state index in [9.17, 15) is 9.59 Å². The summed E-state index contributed by atoms with van der Waals surface area (Å²) in [5.74, 6) is -0.173. The number of ether oxygens (including phenoxy) is 2. The van der Waals surface area contributed by atoms with Crippen molar-refractivity contribution in [3.63, 3.8) is 0 Å². The molecule has 0 unspecified atom stereocenters. The molecule has 1 rings (SSSR count). The second kappa shape index (κ2) is 10.3. The van der Waals surface area contributed by atoms with Gasteiger partial charge in [-0.05, 0) is 18.6 Å². The summed E-state index contributed by atoms with van der Waals surface area (Å²) in [6.07, 6.45) is 1.90. The highest BCUT2D eigenvalue weighted by Gasteiger charge is 2.07. The molecule has 0 bridgehead atoms. The normalized spacial score (nSPS) is 10.5. The fourth-order valence-corrected chi connectivity index (χ4v) is 1.64. The van der Waals surface area contributed by atoms with Gasteiger partial charge in [-0.2, -0.15) is 5.10 Å². The maximum atomic E-state index is 11.5. The second-order valence-corrected chi connectivity index (χ2v) is 4.41. The molecular weight excluding hydrogens is 286 g/mol. The van der Waals surface area contributed by atoms with Gasteiger partial charge in [-0.3, -0.25) is 9.59 Å². The number of nitrogens with zero attached hydrogens (tertiary/aromatic N) is 1. The lowest BCUT2D eigenvalue weighted by Gasteiger charge is -2.04. The van der Waals surface area contributed by atoms with E-state index in [0.717, 1.165) is 5.56 Å². The highest BCUT2D eigenvalue weighted by atomic mass is 16.5. The summed E-state index contributed by atoms with van der Waals surface area (Å²) in [5.41, 5.74) is 3.04. The van der Waals surface area contributed by atoms with E-state index in [4.69, 9.17) is 9.47 Å². The molecule has 7 nitrogen and oxygen atoms in total. The lowest BCUT2D eigenvalue weighted by molar-refractivity contribution is -0.129. The Hall–Kier alpha value is -2.41. The molecule has 1 aromatic rings. The van der Waals surface area contributed by atoms with Gasteiger partial charge in [-0.25, -0.2) is 5.43 Å². The number of hydrazone groups is 1. The molecule has 1 aromatic carbocycles. The summed E-state index contributed by atoms with van der Waals surface area (Å²) in [5, 5.41) is 6.43. The van der Waals surface area contributed by atoms with Gasteiger partial charge in [0.15, 0.2) is 0 Å². The molecule has 0 atom stereocenters. The number of benzene rings is 1. The molecule has 2 amide bonds. The van der Waals surface area contributed by atoms with E-state index >= 15 is 0 Å². The predicted octanol–water partition coefficient (Wildman–Crippen LogP) is 0.688. The Labute approximate surface area is 129 Å². The van der Waals surface area contributed by atoms with Crippen LogP contribution in [0.2, 0.25) is 0 Å². The van der Waals surface area contributed by atoms with E-state index in [1.807, 2.05) is 12.1 Å². The maximum absolute atomic E-state index is 11.5. The number of para-hydroxylation sites is 1. The summed E-state index contributed by atoms with van der Waals surface area (Å²) < 4.78 is 10.0. The smallest absolute Gasteiger partial charge is 0.249 e. The van der Waals surface area contributed by atoms with Crippen LogP contribution < -0.4 is 15.5 Å². The first-order valence-electron chi connectivity index (χ1n) is 6.88. The summed E-state index contributed by atoms with van der Waals surface area (Å²) >= 11 is 0. The van der Waals surface area contributed by atoms with Crippen molar-refractivity contribution in [3.8, 4) is 5.75 Å². The van der Waals surface area contributed by atoms with Crippen molar-refractivity contribution in [1.29, 1.82) is 0 Å². The summed E-state index contributed by atoms with van der Waals surface area (Å²) in [7, 11) is 3.15. The molecule has 0 aromatic heterocycles. The topological polar surface area (TPSA) is 89.0 Å². The van der Waals surface area contributed by atoms with Crippen LogP contribution in [0.1, 0.15) is 18.4 Å². The van der Waals surface area contributed by atoms with Gasteiger partial charge >= 0.3 is 0 Å². The number of methoxy groups -OCH3 is 2. The largest absolute Gasteiger partial charge is 0.496 e. The minimum absolute atomic E-state index is 0.268. The Bertz CT molecular complexity index is 517. The minimum atomic E-state index is -0.476. The van der Waals surface area contributed by atoms with Crippen LogP contribution in [0.5, 0.6) is 5.75 Å². The van der Waals surface area contributed by atoms with Gasteiger partial charge in [0.1, 0.15) is 12.2 Å². The highest BCUT2D eigenvalue weighted by Crippen LogP contribution is 2.14. The van der Waals surface area contributed by atoms with Crippen molar-refractivity contribution < 1.29 is 19.1 Å². The van der Waals surface area contributed by atoms with Crippen molar-refractivity contribution in [2.45, 2.75) is 12.8 Å². The fraction of sp³-hybridized carbons (Fsp3) is 0.400. The van der Waals surface area contributed by atoms with Gasteiger partial charge in [0, 0.05) is 25.8 Å². The van der Waals surface area contributed by atoms with E-state index in [0.29, 0.717) is 25.3 Å². The van der Waals surface area contributed by atoms with Gasteiger partial charge in [-0.15, -0.1) is 0 Å². The summed E-state index contributed by atoms with van der Waals surface area (Å²) in [6.45, 7) is 1.04. The Morgan fingerprint density at radius 1 is 1.23 bits per heavy atom. The Morgan fingerprint density at radius 3 is 2.73 bits per heavy atom. The highest BCUT2D eigenvalue weighted by molar-refractivity contribution is 5.97. The Kier molecular flexibility index (Phi) is 8.29.